The van der Waals surface area contributed by atoms with Gasteiger partial charge >= 0.3 is 17.9 Å². The fourth-order valence-electron chi connectivity index (χ4n) is 2.69. The molecule has 0 aliphatic carbocycles. The average molecular weight is 374 g/mol. The Kier molecular flexibility index (Phi) is 6.48. The molecule has 1 aliphatic heterocycles. The van der Waals surface area contributed by atoms with Crippen molar-refractivity contribution in [1.29, 1.82) is 0 Å². The molecular formula is C17H25NO8. The number of esters is 3. The third-order valence-corrected chi connectivity index (χ3v) is 3.51. The average Bonchev–Trinajstić information content (AvgIpc) is 2.69. The van der Waals surface area contributed by atoms with Crippen molar-refractivity contribution < 1.29 is 42.2 Å². The number of rotatable bonds is 7. The number of hydrogen-bond donors (Lipinski definition) is 1. The lowest BCUT2D eigenvalue weighted by atomic mass is 9.90. The van der Waals surface area contributed by atoms with E-state index in [-0.39, 0.29) is 6.42 Å². The molecule has 9 heteroatoms. The number of amides is 1. The van der Waals surface area contributed by atoms with Crippen LogP contribution in [0.2, 0.25) is 0 Å². The summed E-state index contributed by atoms with van der Waals surface area (Å²) in [6.07, 6.45) is -2.73. The second kappa shape index (κ2) is 9.91. The third-order valence-electron chi connectivity index (χ3n) is 3.51. The highest BCUT2D eigenvalue weighted by molar-refractivity contribution is 5.73. The first-order valence-corrected chi connectivity index (χ1v) is 7.73. The molecule has 0 spiro atoms. The highest BCUT2D eigenvalue weighted by Crippen LogP contribution is 2.28. The minimum Gasteiger partial charge on any atom is -0.463 e. The number of carbonyl (C=O) groups is 4. The van der Waals surface area contributed by atoms with Crippen molar-refractivity contribution in [2.45, 2.75) is 64.5 Å². The molecule has 1 rings (SSSR count). The lowest BCUT2D eigenvalue weighted by Gasteiger charge is -2.45. The molecule has 9 nitrogen and oxygen atoms in total. The maximum atomic E-state index is 11.8. The Morgan fingerprint density at radius 3 is 2.23 bits per heavy atom. The Hall–Kier alpha value is -2.42. The fourth-order valence-corrected chi connectivity index (χ4v) is 2.69. The molecule has 5 atom stereocenters. The summed E-state index contributed by atoms with van der Waals surface area (Å²) in [5.41, 5.74) is 0. The van der Waals surface area contributed by atoms with Gasteiger partial charge in [-0.2, -0.15) is 0 Å². The van der Waals surface area contributed by atoms with E-state index in [2.05, 4.69) is 11.9 Å². The molecule has 1 aliphatic rings. The highest BCUT2D eigenvalue weighted by Gasteiger charge is 2.50. The smallest absolute Gasteiger partial charge is 0.303 e. The zero-order valence-corrected chi connectivity index (χ0v) is 14.5. The number of nitrogens with one attached hydrogen (secondary N) is 1. The van der Waals surface area contributed by atoms with E-state index < -0.39 is 81.6 Å². The van der Waals surface area contributed by atoms with Crippen molar-refractivity contribution in [3.8, 4) is 0 Å². The fraction of sp³-hybridized carbons (Fsp3) is 0.647. The summed E-state index contributed by atoms with van der Waals surface area (Å²) >= 11 is 0. The van der Waals surface area contributed by atoms with Gasteiger partial charge in [0.15, 0.2) is 12.2 Å². The molecule has 146 valence electrons. The summed E-state index contributed by atoms with van der Waals surface area (Å²) in [5.74, 6) is -3.20. The molecule has 0 radical (unpaired) electrons. The summed E-state index contributed by atoms with van der Waals surface area (Å²) in [6, 6.07) is -0.951. The van der Waals surface area contributed by atoms with Gasteiger partial charge in [0.2, 0.25) is 5.91 Å². The van der Waals surface area contributed by atoms with Crippen LogP contribution in [0.3, 0.4) is 0 Å². The monoisotopic (exact) mass is 374 g/mol. The minimum absolute atomic E-state index is 0.210. The van der Waals surface area contributed by atoms with Gasteiger partial charge in [-0.1, -0.05) is 6.08 Å². The topological polar surface area (TPSA) is 117 Å². The van der Waals surface area contributed by atoms with Gasteiger partial charge in [0.05, 0.1) is 12.1 Å². The summed E-state index contributed by atoms with van der Waals surface area (Å²) in [7, 11) is 0. The van der Waals surface area contributed by atoms with Crippen LogP contribution in [0.25, 0.3) is 0 Å². The molecule has 26 heavy (non-hydrogen) atoms. The van der Waals surface area contributed by atoms with Crippen LogP contribution in [0, 0.1) is 0 Å². The first-order valence-electron chi connectivity index (χ1n) is 9.85. The van der Waals surface area contributed by atoms with Crippen molar-refractivity contribution in [3.63, 3.8) is 0 Å². The molecule has 0 aromatic rings. The van der Waals surface area contributed by atoms with Crippen LogP contribution in [0.4, 0.5) is 0 Å². The van der Waals surface area contributed by atoms with E-state index in [1.54, 1.807) is 0 Å². The first-order chi connectivity index (χ1) is 13.8. The molecule has 0 aromatic carbocycles. The first kappa shape index (κ1) is 17.0. The summed E-state index contributed by atoms with van der Waals surface area (Å²) < 4.78 is 42.6. The van der Waals surface area contributed by atoms with Crippen LogP contribution in [-0.4, -0.2) is 60.9 Å². The van der Waals surface area contributed by atoms with Crippen LogP contribution in [0.5, 0.6) is 0 Å². The van der Waals surface area contributed by atoms with Gasteiger partial charge in [-0.05, 0) is 6.42 Å². The maximum Gasteiger partial charge on any atom is 0.303 e. The Bertz CT molecular complexity index is 617. The quantitative estimate of drug-likeness (QED) is 0.383. The second-order valence-electron chi connectivity index (χ2n) is 5.56. The molecule has 1 amide bonds. The highest BCUT2D eigenvalue weighted by atomic mass is 16.6. The summed E-state index contributed by atoms with van der Waals surface area (Å²) in [5, 5.41) is 2.59. The van der Waals surface area contributed by atoms with Gasteiger partial charge in [0, 0.05) is 31.7 Å². The zero-order chi connectivity index (χ0) is 22.0. The molecule has 1 saturated heterocycles. The van der Waals surface area contributed by atoms with Crippen LogP contribution in [-0.2, 0) is 38.1 Å². The predicted molar refractivity (Wildman–Crippen MR) is 88.8 cm³/mol. The van der Waals surface area contributed by atoms with Crippen molar-refractivity contribution in [2.75, 3.05) is 6.61 Å². The zero-order valence-electron chi connectivity index (χ0n) is 17.5. The van der Waals surface area contributed by atoms with E-state index in [0.29, 0.717) is 0 Å². The Balaban J connectivity index is 3.29. The maximum absolute atomic E-state index is 11.8. The van der Waals surface area contributed by atoms with E-state index in [1.165, 1.54) is 13.0 Å². The standard InChI is InChI=1S/C17H25NO8/c1-6-7-13-15(18-9(2)19)17(25-12(5)22)16(24-11(4)21)14(26-13)8-23-10(3)20/h6,13-17H,1,7-8H2,2-5H3,(H,18,19)/t13?,14-,15+,16-,17-/m1/s1/i3D,4D,5D. The van der Waals surface area contributed by atoms with Crippen LogP contribution in [0.15, 0.2) is 12.7 Å². The van der Waals surface area contributed by atoms with Crippen LogP contribution < -0.4 is 5.32 Å². The molecule has 1 N–H and O–H groups in total. The van der Waals surface area contributed by atoms with E-state index in [4.69, 9.17) is 23.1 Å². The molecule has 0 bridgehead atoms. The number of hydrogen-bond acceptors (Lipinski definition) is 8. The Morgan fingerprint density at radius 1 is 1.08 bits per heavy atom. The molecule has 1 fully saturated rings. The summed E-state index contributed by atoms with van der Waals surface area (Å²) in [6.45, 7) is 2.36. The predicted octanol–water partition coefficient (Wildman–Crippen LogP) is 0.261. The Labute approximate surface area is 156 Å². The van der Waals surface area contributed by atoms with Gasteiger partial charge in [-0.15, -0.1) is 6.58 Å². The molecule has 0 saturated carbocycles. The number of carbonyl (C=O) groups excluding carboxylic acids is 4. The van der Waals surface area contributed by atoms with E-state index in [9.17, 15) is 19.2 Å². The summed E-state index contributed by atoms with van der Waals surface area (Å²) in [4.78, 5) is 46.7. The van der Waals surface area contributed by atoms with Crippen molar-refractivity contribution >= 4 is 23.8 Å². The Morgan fingerprint density at radius 2 is 1.69 bits per heavy atom. The molecule has 1 unspecified atom stereocenters. The SMILES string of the molecule is [2H]CC(=O)OC[C@H]1OC(CC=C)[C@H](NC(C)=O)[C@@H](OC(=O)C[2H])[C@@H]1OC(=O)C[2H]. The van der Waals surface area contributed by atoms with Crippen molar-refractivity contribution in [1.82, 2.24) is 5.32 Å². The number of ether oxygens (including phenoxy) is 4. The third kappa shape index (κ3) is 6.47. The molecule has 1 heterocycles. The van der Waals surface area contributed by atoms with Gasteiger partial charge < -0.3 is 24.3 Å². The van der Waals surface area contributed by atoms with Crippen molar-refractivity contribution in [3.05, 3.63) is 12.7 Å². The van der Waals surface area contributed by atoms with E-state index in [1.807, 2.05) is 0 Å². The molecular weight excluding hydrogens is 346 g/mol. The van der Waals surface area contributed by atoms with Gasteiger partial charge in [0.25, 0.3) is 0 Å². The van der Waals surface area contributed by atoms with Gasteiger partial charge in [-0.25, -0.2) is 0 Å². The largest absolute Gasteiger partial charge is 0.463 e. The van der Waals surface area contributed by atoms with Gasteiger partial charge in [-0.3, -0.25) is 19.2 Å². The lowest BCUT2D eigenvalue weighted by Crippen LogP contribution is -2.66. The second-order valence-corrected chi connectivity index (χ2v) is 5.56. The lowest BCUT2D eigenvalue weighted by molar-refractivity contribution is -0.223. The minimum atomic E-state index is -1.32. The normalized spacial score (nSPS) is 29.3. The van der Waals surface area contributed by atoms with E-state index in [0.717, 1.165) is 0 Å². The van der Waals surface area contributed by atoms with Crippen LogP contribution in [0.1, 0.15) is 38.2 Å². The van der Waals surface area contributed by atoms with Gasteiger partial charge in [0.1, 0.15) is 12.7 Å². The van der Waals surface area contributed by atoms with E-state index >= 15 is 0 Å². The molecule has 0 aromatic heterocycles. The van der Waals surface area contributed by atoms with Crippen LogP contribution >= 0.6 is 0 Å². The van der Waals surface area contributed by atoms with Crippen molar-refractivity contribution in [2.24, 2.45) is 0 Å².